The van der Waals surface area contributed by atoms with Gasteiger partial charge in [-0.05, 0) is 12.0 Å². The Morgan fingerprint density at radius 2 is 2.31 bits per heavy atom. The molecule has 4 heteroatoms. The zero-order valence-electron chi connectivity index (χ0n) is 7.83. The van der Waals surface area contributed by atoms with Crippen molar-refractivity contribution in [2.24, 2.45) is 5.92 Å². The molecule has 0 fully saturated rings. The molecular weight excluding hydrogens is 168 g/mol. The lowest BCUT2D eigenvalue weighted by Gasteiger charge is -2.09. The van der Waals surface area contributed by atoms with Crippen molar-refractivity contribution in [2.75, 3.05) is 12.3 Å². The Morgan fingerprint density at radius 1 is 1.62 bits per heavy atom. The Hall–Kier alpha value is -1.45. The number of H-pyrrole nitrogens is 1. The second kappa shape index (κ2) is 3.98. The van der Waals surface area contributed by atoms with Crippen molar-refractivity contribution in [1.82, 2.24) is 4.98 Å². The topological polar surface area (TPSA) is 68.1 Å². The highest BCUT2D eigenvalue weighted by atomic mass is 16.5. The van der Waals surface area contributed by atoms with Gasteiger partial charge in [-0.25, -0.2) is 0 Å². The van der Waals surface area contributed by atoms with Gasteiger partial charge in [-0.3, -0.25) is 4.79 Å². The zero-order chi connectivity index (χ0) is 9.84. The number of nitrogens with one attached hydrogen (secondary N) is 1. The van der Waals surface area contributed by atoms with Crippen LogP contribution in [0.3, 0.4) is 0 Å². The summed E-state index contributed by atoms with van der Waals surface area (Å²) >= 11 is 0. The van der Waals surface area contributed by atoms with Gasteiger partial charge in [-0.1, -0.05) is 13.8 Å². The number of hydrogen-bond donors (Lipinski definition) is 2. The highest BCUT2D eigenvalue weighted by Crippen LogP contribution is 2.15. The molecule has 0 aliphatic rings. The molecule has 1 aromatic rings. The largest absolute Gasteiger partial charge is 0.491 e. The molecular formula is C9H14N2O2. The fourth-order valence-corrected chi connectivity index (χ4v) is 0.855. The van der Waals surface area contributed by atoms with Crippen LogP contribution in [-0.2, 0) is 0 Å². The number of nitrogens with two attached hydrogens (primary N) is 1. The van der Waals surface area contributed by atoms with E-state index in [1.165, 1.54) is 6.20 Å². The molecule has 1 rings (SSSR count). The van der Waals surface area contributed by atoms with Crippen LogP contribution in [0.15, 0.2) is 17.1 Å². The summed E-state index contributed by atoms with van der Waals surface area (Å²) in [5, 5.41) is 0. The summed E-state index contributed by atoms with van der Waals surface area (Å²) in [5.74, 6) is 0.871. The van der Waals surface area contributed by atoms with Crippen molar-refractivity contribution in [3.8, 4) is 5.75 Å². The number of rotatable bonds is 3. The van der Waals surface area contributed by atoms with Crippen LogP contribution in [-0.4, -0.2) is 11.6 Å². The molecule has 3 N–H and O–H groups in total. The van der Waals surface area contributed by atoms with Crippen molar-refractivity contribution in [2.45, 2.75) is 13.8 Å². The first-order valence-corrected chi connectivity index (χ1v) is 4.21. The predicted molar refractivity (Wildman–Crippen MR) is 51.8 cm³/mol. The van der Waals surface area contributed by atoms with Crippen LogP contribution in [0.5, 0.6) is 5.75 Å². The van der Waals surface area contributed by atoms with Gasteiger partial charge in [0.1, 0.15) is 11.4 Å². The molecule has 1 aromatic heterocycles. The Kier molecular flexibility index (Phi) is 2.95. The summed E-state index contributed by atoms with van der Waals surface area (Å²) in [7, 11) is 0. The molecule has 0 bridgehead atoms. The van der Waals surface area contributed by atoms with Gasteiger partial charge in [0, 0.05) is 6.20 Å². The second-order valence-corrected chi connectivity index (χ2v) is 3.29. The molecule has 13 heavy (non-hydrogen) atoms. The number of nitrogen functional groups attached to an aromatic ring is 1. The highest BCUT2D eigenvalue weighted by molar-refractivity contribution is 5.49. The van der Waals surface area contributed by atoms with E-state index in [1.54, 1.807) is 6.07 Å². The van der Waals surface area contributed by atoms with Gasteiger partial charge in [0.25, 0.3) is 5.56 Å². The Labute approximate surface area is 76.7 Å². The van der Waals surface area contributed by atoms with Crippen LogP contribution in [0.2, 0.25) is 0 Å². The third-order valence-corrected chi connectivity index (χ3v) is 1.53. The third-order valence-electron chi connectivity index (χ3n) is 1.53. The van der Waals surface area contributed by atoms with E-state index in [4.69, 9.17) is 10.5 Å². The van der Waals surface area contributed by atoms with Crippen molar-refractivity contribution < 1.29 is 4.74 Å². The number of anilines is 1. The molecule has 0 amide bonds. The molecule has 0 aliphatic carbocycles. The molecule has 0 saturated heterocycles. The summed E-state index contributed by atoms with van der Waals surface area (Å²) in [6.07, 6.45) is 1.52. The Bertz CT molecular complexity index is 331. The van der Waals surface area contributed by atoms with Crippen LogP contribution >= 0.6 is 0 Å². The lowest BCUT2D eigenvalue weighted by molar-refractivity contribution is 0.272. The van der Waals surface area contributed by atoms with Gasteiger partial charge in [0.05, 0.1) is 6.61 Å². The van der Waals surface area contributed by atoms with Crippen LogP contribution in [0.25, 0.3) is 0 Å². The SMILES string of the molecule is CC(C)COc1cc[nH]c(=O)c1N. The van der Waals surface area contributed by atoms with Gasteiger partial charge in [0.15, 0.2) is 0 Å². The summed E-state index contributed by atoms with van der Waals surface area (Å²) in [5.41, 5.74) is 5.34. The summed E-state index contributed by atoms with van der Waals surface area (Å²) < 4.78 is 5.33. The molecule has 0 unspecified atom stereocenters. The van der Waals surface area contributed by atoms with Gasteiger partial charge in [-0.15, -0.1) is 0 Å². The lowest BCUT2D eigenvalue weighted by atomic mass is 10.2. The maximum atomic E-state index is 11.0. The zero-order valence-corrected chi connectivity index (χ0v) is 7.83. The van der Waals surface area contributed by atoms with Gasteiger partial charge >= 0.3 is 0 Å². The maximum Gasteiger partial charge on any atom is 0.274 e. The van der Waals surface area contributed by atoms with Crippen molar-refractivity contribution in [1.29, 1.82) is 0 Å². The number of aromatic amines is 1. The average Bonchev–Trinajstić information content (AvgIpc) is 2.07. The molecule has 0 aromatic carbocycles. The van der Waals surface area contributed by atoms with Gasteiger partial charge in [0.2, 0.25) is 0 Å². The minimum absolute atomic E-state index is 0.142. The minimum Gasteiger partial charge on any atom is -0.491 e. The predicted octanol–water partition coefficient (Wildman–Crippen LogP) is 0.992. The van der Waals surface area contributed by atoms with Crippen LogP contribution < -0.4 is 16.0 Å². The average molecular weight is 182 g/mol. The summed E-state index contributed by atoms with van der Waals surface area (Å²) in [4.78, 5) is 13.5. The molecule has 4 nitrogen and oxygen atoms in total. The van der Waals surface area contributed by atoms with E-state index in [2.05, 4.69) is 4.98 Å². The molecule has 0 aliphatic heterocycles. The number of ether oxygens (including phenoxy) is 1. The van der Waals surface area contributed by atoms with E-state index in [0.717, 1.165) is 0 Å². The van der Waals surface area contributed by atoms with Crippen molar-refractivity contribution in [3.05, 3.63) is 22.6 Å². The van der Waals surface area contributed by atoms with E-state index < -0.39 is 0 Å². The van der Waals surface area contributed by atoms with Gasteiger partial charge < -0.3 is 15.5 Å². The molecule has 0 spiro atoms. The molecule has 0 saturated carbocycles. The standard InChI is InChI=1S/C9H14N2O2/c1-6(2)5-13-7-3-4-11-9(12)8(7)10/h3-4,6H,5,10H2,1-2H3,(H,11,12). The van der Waals surface area contributed by atoms with Gasteiger partial charge in [-0.2, -0.15) is 0 Å². The third kappa shape index (κ3) is 2.50. The van der Waals surface area contributed by atoms with E-state index in [1.807, 2.05) is 13.8 Å². The monoisotopic (exact) mass is 182 g/mol. The summed E-state index contributed by atoms with van der Waals surface area (Å²) in [6.45, 7) is 4.63. The Morgan fingerprint density at radius 3 is 2.92 bits per heavy atom. The maximum absolute atomic E-state index is 11.0. The quantitative estimate of drug-likeness (QED) is 0.732. The van der Waals surface area contributed by atoms with Crippen molar-refractivity contribution in [3.63, 3.8) is 0 Å². The molecule has 72 valence electrons. The molecule has 0 atom stereocenters. The van der Waals surface area contributed by atoms with E-state index >= 15 is 0 Å². The van der Waals surface area contributed by atoms with Crippen LogP contribution in [0, 0.1) is 5.92 Å². The number of pyridine rings is 1. The first-order valence-electron chi connectivity index (χ1n) is 4.21. The molecule has 0 radical (unpaired) electrons. The van der Waals surface area contributed by atoms with E-state index in [-0.39, 0.29) is 11.2 Å². The Balaban J connectivity index is 2.77. The first kappa shape index (κ1) is 9.64. The summed E-state index contributed by atoms with van der Waals surface area (Å²) in [6, 6.07) is 1.65. The minimum atomic E-state index is -0.304. The normalized spacial score (nSPS) is 10.4. The highest BCUT2D eigenvalue weighted by Gasteiger charge is 2.03. The van der Waals surface area contributed by atoms with E-state index in [9.17, 15) is 4.79 Å². The smallest absolute Gasteiger partial charge is 0.274 e. The fraction of sp³-hybridized carbons (Fsp3) is 0.444. The number of hydrogen-bond acceptors (Lipinski definition) is 3. The van der Waals surface area contributed by atoms with Crippen molar-refractivity contribution >= 4 is 5.69 Å². The van der Waals surface area contributed by atoms with Crippen LogP contribution in [0.1, 0.15) is 13.8 Å². The van der Waals surface area contributed by atoms with E-state index in [0.29, 0.717) is 18.3 Å². The fourth-order valence-electron chi connectivity index (χ4n) is 0.855. The lowest BCUT2D eigenvalue weighted by Crippen LogP contribution is -2.14. The second-order valence-electron chi connectivity index (χ2n) is 3.29. The van der Waals surface area contributed by atoms with Crippen LogP contribution in [0.4, 0.5) is 5.69 Å². The molecule has 1 heterocycles. The first-order chi connectivity index (χ1) is 6.11. The number of aromatic nitrogens is 1.